The zero-order valence-electron chi connectivity index (χ0n) is 10.7. The molecule has 3 aromatic heterocycles. The van der Waals surface area contributed by atoms with Crippen LogP contribution in [0.5, 0.6) is 0 Å². The first-order valence-electron chi connectivity index (χ1n) is 6.10. The van der Waals surface area contributed by atoms with Crippen LogP contribution in [0, 0.1) is 0 Å². The summed E-state index contributed by atoms with van der Waals surface area (Å²) in [6.07, 6.45) is 5.04. The second-order valence-corrected chi connectivity index (χ2v) is 4.58. The molecule has 0 fully saturated rings. The molecule has 0 saturated carbocycles. The zero-order chi connectivity index (χ0) is 13.7. The molecule has 7 heteroatoms. The van der Waals surface area contributed by atoms with Gasteiger partial charge in [-0.3, -0.25) is 4.68 Å². The zero-order valence-corrected chi connectivity index (χ0v) is 10.7. The molecule has 1 aromatic carbocycles. The standard InChI is InChI=1S/C13H11N7/c1-19-12-10(6-17-19)13(16-7-15-12)20-11-4-9(14)3-2-8(11)5-18-20/h2-7H,14H2,1H3. The Morgan fingerprint density at radius 2 is 2.00 bits per heavy atom. The minimum Gasteiger partial charge on any atom is -0.399 e. The molecule has 0 amide bonds. The highest BCUT2D eigenvalue weighted by Gasteiger charge is 2.12. The summed E-state index contributed by atoms with van der Waals surface area (Å²) in [5, 5.41) is 10.5. The van der Waals surface area contributed by atoms with Crippen molar-refractivity contribution in [2.45, 2.75) is 0 Å². The first kappa shape index (κ1) is 10.9. The van der Waals surface area contributed by atoms with Crippen molar-refractivity contribution < 1.29 is 0 Å². The minimum atomic E-state index is 0.690. The van der Waals surface area contributed by atoms with E-state index in [0.717, 1.165) is 21.9 Å². The van der Waals surface area contributed by atoms with Crippen molar-refractivity contribution in [1.82, 2.24) is 29.5 Å². The van der Waals surface area contributed by atoms with E-state index in [4.69, 9.17) is 5.73 Å². The summed E-state index contributed by atoms with van der Waals surface area (Å²) in [5.74, 6) is 0.698. The van der Waals surface area contributed by atoms with Crippen molar-refractivity contribution >= 4 is 27.6 Å². The molecule has 0 unspecified atom stereocenters. The van der Waals surface area contributed by atoms with E-state index in [0.29, 0.717) is 11.5 Å². The van der Waals surface area contributed by atoms with Crippen LogP contribution < -0.4 is 5.73 Å². The molecule has 7 nitrogen and oxygen atoms in total. The average Bonchev–Trinajstić information content (AvgIpc) is 3.03. The average molecular weight is 265 g/mol. The van der Waals surface area contributed by atoms with E-state index in [2.05, 4.69) is 20.2 Å². The van der Waals surface area contributed by atoms with Crippen LogP contribution in [0.25, 0.3) is 27.8 Å². The fourth-order valence-corrected chi connectivity index (χ4v) is 2.32. The maximum atomic E-state index is 5.86. The quantitative estimate of drug-likeness (QED) is 0.524. The summed E-state index contributed by atoms with van der Waals surface area (Å²) in [4.78, 5) is 8.57. The SMILES string of the molecule is Cn1ncc2c(-n3ncc4ccc(N)cc43)ncnc21. The molecule has 0 aliphatic carbocycles. The van der Waals surface area contributed by atoms with E-state index in [1.165, 1.54) is 6.33 Å². The van der Waals surface area contributed by atoms with E-state index in [-0.39, 0.29) is 0 Å². The Hall–Kier alpha value is -2.96. The van der Waals surface area contributed by atoms with Crippen molar-refractivity contribution in [2.24, 2.45) is 7.05 Å². The maximum absolute atomic E-state index is 5.86. The minimum absolute atomic E-state index is 0.690. The summed E-state index contributed by atoms with van der Waals surface area (Å²) >= 11 is 0. The number of benzene rings is 1. The van der Waals surface area contributed by atoms with Crippen molar-refractivity contribution in [3.05, 3.63) is 36.9 Å². The molecule has 0 radical (unpaired) electrons. The van der Waals surface area contributed by atoms with Crippen LogP contribution in [0.3, 0.4) is 0 Å². The number of fused-ring (bicyclic) bond motifs is 2. The lowest BCUT2D eigenvalue weighted by Crippen LogP contribution is -2.01. The number of anilines is 1. The third-order valence-corrected chi connectivity index (χ3v) is 3.30. The van der Waals surface area contributed by atoms with Crippen molar-refractivity contribution in [3.63, 3.8) is 0 Å². The second kappa shape index (κ2) is 3.77. The molecule has 4 aromatic rings. The van der Waals surface area contributed by atoms with Crippen LogP contribution in [0.4, 0.5) is 5.69 Å². The highest BCUT2D eigenvalue weighted by Crippen LogP contribution is 2.23. The smallest absolute Gasteiger partial charge is 0.168 e. The lowest BCUT2D eigenvalue weighted by Gasteiger charge is -2.04. The lowest BCUT2D eigenvalue weighted by atomic mass is 10.2. The fourth-order valence-electron chi connectivity index (χ4n) is 2.32. The number of aromatic nitrogens is 6. The van der Waals surface area contributed by atoms with Crippen LogP contribution in [0.15, 0.2) is 36.9 Å². The number of rotatable bonds is 1. The molecule has 20 heavy (non-hydrogen) atoms. The number of nitrogens with zero attached hydrogens (tertiary/aromatic N) is 6. The van der Waals surface area contributed by atoms with Crippen LogP contribution in [-0.2, 0) is 7.05 Å². The van der Waals surface area contributed by atoms with Crippen LogP contribution in [0.1, 0.15) is 0 Å². The number of hydrogen-bond donors (Lipinski definition) is 1. The molecule has 3 heterocycles. The van der Waals surface area contributed by atoms with Crippen molar-refractivity contribution in [3.8, 4) is 5.82 Å². The van der Waals surface area contributed by atoms with Gasteiger partial charge >= 0.3 is 0 Å². The van der Waals surface area contributed by atoms with E-state index >= 15 is 0 Å². The van der Waals surface area contributed by atoms with Crippen LogP contribution in [0.2, 0.25) is 0 Å². The number of nitrogens with two attached hydrogens (primary N) is 1. The number of aryl methyl sites for hydroxylation is 1. The number of nitrogen functional groups attached to an aromatic ring is 1. The lowest BCUT2D eigenvalue weighted by molar-refractivity contribution is 0.784. The molecule has 0 aliphatic rings. The van der Waals surface area contributed by atoms with Gasteiger partial charge in [-0.1, -0.05) is 0 Å². The molecule has 0 aliphatic heterocycles. The highest BCUT2D eigenvalue weighted by molar-refractivity contribution is 5.87. The maximum Gasteiger partial charge on any atom is 0.168 e. The van der Waals surface area contributed by atoms with Gasteiger partial charge in [-0.25, -0.2) is 14.6 Å². The Labute approximate surface area is 113 Å². The van der Waals surface area contributed by atoms with Gasteiger partial charge in [0.2, 0.25) is 0 Å². The van der Waals surface area contributed by atoms with Crippen molar-refractivity contribution in [2.75, 3.05) is 5.73 Å². The van der Waals surface area contributed by atoms with Gasteiger partial charge < -0.3 is 5.73 Å². The molecule has 4 rings (SSSR count). The third-order valence-electron chi connectivity index (χ3n) is 3.30. The summed E-state index contributed by atoms with van der Waals surface area (Å²) < 4.78 is 3.47. The van der Waals surface area contributed by atoms with Gasteiger partial charge in [0.15, 0.2) is 11.5 Å². The normalized spacial score (nSPS) is 11.4. The predicted molar refractivity (Wildman–Crippen MR) is 75.3 cm³/mol. The largest absolute Gasteiger partial charge is 0.399 e. The molecule has 98 valence electrons. The molecular weight excluding hydrogens is 254 g/mol. The summed E-state index contributed by atoms with van der Waals surface area (Å²) in [5.41, 5.74) is 8.22. The molecule has 0 atom stereocenters. The Morgan fingerprint density at radius 3 is 2.90 bits per heavy atom. The summed E-state index contributed by atoms with van der Waals surface area (Å²) in [7, 11) is 1.85. The molecule has 0 saturated heterocycles. The van der Waals surface area contributed by atoms with Gasteiger partial charge in [-0.2, -0.15) is 10.2 Å². The molecule has 0 spiro atoms. The molecule has 0 bridgehead atoms. The topological polar surface area (TPSA) is 87.4 Å². The van der Waals surface area contributed by atoms with Crippen LogP contribution in [-0.4, -0.2) is 29.5 Å². The van der Waals surface area contributed by atoms with Crippen molar-refractivity contribution in [1.29, 1.82) is 0 Å². The molecule has 2 N–H and O–H groups in total. The van der Waals surface area contributed by atoms with E-state index in [9.17, 15) is 0 Å². The van der Waals surface area contributed by atoms with E-state index < -0.39 is 0 Å². The van der Waals surface area contributed by atoms with Gasteiger partial charge in [0, 0.05) is 18.1 Å². The fraction of sp³-hybridized carbons (Fsp3) is 0.0769. The number of hydrogen-bond acceptors (Lipinski definition) is 5. The predicted octanol–water partition coefficient (Wildman–Crippen LogP) is 1.28. The first-order chi connectivity index (χ1) is 9.74. The second-order valence-electron chi connectivity index (χ2n) is 4.58. The van der Waals surface area contributed by atoms with Gasteiger partial charge in [0.1, 0.15) is 6.33 Å². The first-order valence-corrected chi connectivity index (χ1v) is 6.10. The Kier molecular flexibility index (Phi) is 2.06. The third kappa shape index (κ3) is 1.40. The van der Waals surface area contributed by atoms with Gasteiger partial charge in [0.05, 0.1) is 23.3 Å². The van der Waals surface area contributed by atoms with Gasteiger partial charge in [-0.05, 0) is 18.2 Å². The Bertz CT molecular complexity index is 934. The summed E-state index contributed by atoms with van der Waals surface area (Å²) in [6, 6.07) is 5.68. The van der Waals surface area contributed by atoms with E-state index in [1.807, 2.05) is 25.2 Å². The Balaban J connectivity index is 2.08. The van der Waals surface area contributed by atoms with E-state index in [1.54, 1.807) is 21.8 Å². The molecular formula is C13H11N7. The summed E-state index contributed by atoms with van der Waals surface area (Å²) in [6.45, 7) is 0. The van der Waals surface area contributed by atoms with Gasteiger partial charge in [-0.15, -0.1) is 0 Å². The Morgan fingerprint density at radius 1 is 1.10 bits per heavy atom. The monoisotopic (exact) mass is 265 g/mol. The highest BCUT2D eigenvalue weighted by atomic mass is 15.3. The van der Waals surface area contributed by atoms with Gasteiger partial charge in [0.25, 0.3) is 0 Å². The van der Waals surface area contributed by atoms with Crippen LogP contribution >= 0.6 is 0 Å².